The lowest BCUT2D eigenvalue weighted by molar-refractivity contribution is -0.142. The Kier molecular flexibility index (Phi) is 8.18. The fraction of sp³-hybridized carbons (Fsp3) is 0.300. The molecule has 0 aliphatic carbocycles. The van der Waals surface area contributed by atoms with Crippen molar-refractivity contribution in [1.82, 2.24) is 4.98 Å². The van der Waals surface area contributed by atoms with E-state index in [-0.39, 0.29) is 18.0 Å². The second-order valence-corrected chi connectivity index (χ2v) is 6.53. The summed E-state index contributed by atoms with van der Waals surface area (Å²) in [5.41, 5.74) is 1.16. The number of benzene rings is 1. The second-order valence-electron chi connectivity index (χ2n) is 5.67. The van der Waals surface area contributed by atoms with Crippen molar-refractivity contribution in [2.45, 2.75) is 26.7 Å². The van der Waals surface area contributed by atoms with Gasteiger partial charge in [0.15, 0.2) is 5.13 Å². The third kappa shape index (κ3) is 6.52. The van der Waals surface area contributed by atoms with Crippen LogP contribution in [-0.2, 0) is 20.7 Å². The van der Waals surface area contributed by atoms with Gasteiger partial charge in [-0.05, 0) is 37.1 Å². The molecule has 7 nitrogen and oxygen atoms in total. The summed E-state index contributed by atoms with van der Waals surface area (Å²) in [6, 6.07) is 9.02. The number of anilines is 1. The van der Waals surface area contributed by atoms with Gasteiger partial charge in [0.25, 0.3) is 5.91 Å². The van der Waals surface area contributed by atoms with Crippen molar-refractivity contribution in [3.05, 3.63) is 46.5 Å². The average Bonchev–Trinajstić information content (AvgIpc) is 3.12. The quantitative estimate of drug-likeness (QED) is 0.393. The first-order valence-electron chi connectivity index (χ1n) is 8.81. The van der Waals surface area contributed by atoms with Crippen LogP contribution in [0, 0.1) is 11.3 Å². The number of amides is 1. The van der Waals surface area contributed by atoms with Crippen LogP contribution >= 0.6 is 11.3 Å². The maximum Gasteiger partial charge on any atom is 0.311 e. The van der Waals surface area contributed by atoms with Gasteiger partial charge in [-0.3, -0.25) is 14.9 Å². The molecule has 0 spiro atoms. The number of hydrogen-bond donors (Lipinski definition) is 1. The SMILES string of the molecule is CCCOc1ccc(/C=C(/C#N)C(=O)Nc2nc(CC(=O)OCC)cs2)cc1. The number of rotatable bonds is 9. The molecule has 1 heterocycles. The number of thiazole rings is 1. The number of carbonyl (C=O) groups excluding carboxylic acids is 2. The van der Waals surface area contributed by atoms with Gasteiger partial charge in [-0.25, -0.2) is 4.98 Å². The number of ether oxygens (including phenoxy) is 2. The maximum absolute atomic E-state index is 12.3. The van der Waals surface area contributed by atoms with Crippen LogP contribution in [0.1, 0.15) is 31.5 Å². The summed E-state index contributed by atoms with van der Waals surface area (Å²) in [6.07, 6.45) is 2.44. The molecule has 146 valence electrons. The molecule has 2 aromatic rings. The lowest BCUT2D eigenvalue weighted by atomic mass is 10.1. The van der Waals surface area contributed by atoms with Crippen LogP contribution in [0.4, 0.5) is 5.13 Å². The molecule has 0 aliphatic rings. The Morgan fingerprint density at radius 2 is 2.04 bits per heavy atom. The third-order valence-corrected chi connectivity index (χ3v) is 4.24. The number of nitriles is 1. The van der Waals surface area contributed by atoms with Gasteiger partial charge in [-0.15, -0.1) is 11.3 Å². The van der Waals surface area contributed by atoms with Crippen molar-refractivity contribution in [2.24, 2.45) is 0 Å². The highest BCUT2D eigenvalue weighted by molar-refractivity contribution is 7.14. The zero-order valence-corrected chi connectivity index (χ0v) is 16.5. The minimum atomic E-state index is -0.564. The Balaban J connectivity index is 2.01. The molecular formula is C20H21N3O4S. The van der Waals surface area contributed by atoms with Crippen molar-refractivity contribution in [3.8, 4) is 11.8 Å². The smallest absolute Gasteiger partial charge is 0.311 e. The van der Waals surface area contributed by atoms with Crippen molar-refractivity contribution in [1.29, 1.82) is 5.26 Å². The number of esters is 1. The second kappa shape index (κ2) is 10.8. The Labute approximate surface area is 167 Å². The molecule has 0 saturated heterocycles. The predicted molar refractivity (Wildman–Crippen MR) is 107 cm³/mol. The molecule has 0 atom stereocenters. The van der Waals surface area contributed by atoms with Crippen LogP contribution < -0.4 is 10.1 Å². The number of nitrogens with one attached hydrogen (secondary N) is 1. The van der Waals surface area contributed by atoms with Crippen LogP contribution in [0.5, 0.6) is 5.75 Å². The van der Waals surface area contributed by atoms with Crippen LogP contribution in [0.3, 0.4) is 0 Å². The summed E-state index contributed by atoms with van der Waals surface area (Å²) in [5.74, 6) is -0.209. The number of hydrogen-bond acceptors (Lipinski definition) is 7. The molecular weight excluding hydrogens is 378 g/mol. The van der Waals surface area contributed by atoms with E-state index in [1.54, 1.807) is 36.6 Å². The topological polar surface area (TPSA) is 101 Å². The van der Waals surface area contributed by atoms with Gasteiger partial charge < -0.3 is 9.47 Å². The fourth-order valence-corrected chi connectivity index (χ4v) is 2.87. The zero-order chi connectivity index (χ0) is 20.4. The molecule has 28 heavy (non-hydrogen) atoms. The van der Waals surface area contributed by atoms with Gasteiger partial charge >= 0.3 is 5.97 Å². The van der Waals surface area contributed by atoms with Crippen molar-refractivity contribution < 1.29 is 19.1 Å². The molecule has 0 aliphatic heterocycles. The highest BCUT2D eigenvalue weighted by Crippen LogP contribution is 2.18. The Morgan fingerprint density at radius 3 is 2.68 bits per heavy atom. The van der Waals surface area contributed by atoms with Gasteiger partial charge in [-0.2, -0.15) is 5.26 Å². The van der Waals surface area contributed by atoms with Gasteiger partial charge in [0, 0.05) is 5.38 Å². The van der Waals surface area contributed by atoms with Crippen LogP contribution in [0.25, 0.3) is 6.08 Å². The normalized spacial score (nSPS) is 10.8. The summed E-state index contributed by atoms with van der Waals surface area (Å²) in [5, 5.41) is 13.9. The van der Waals surface area contributed by atoms with Gasteiger partial charge in [0.05, 0.1) is 25.3 Å². The van der Waals surface area contributed by atoms with E-state index in [2.05, 4.69) is 10.3 Å². The summed E-state index contributed by atoms with van der Waals surface area (Å²) in [4.78, 5) is 28.0. The van der Waals surface area contributed by atoms with E-state index >= 15 is 0 Å². The fourth-order valence-electron chi connectivity index (χ4n) is 2.17. The summed E-state index contributed by atoms with van der Waals surface area (Å²) < 4.78 is 10.4. The average molecular weight is 399 g/mol. The molecule has 0 unspecified atom stereocenters. The first kappa shape index (κ1) is 21.1. The lowest BCUT2D eigenvalue weighted by Gasteiger charge is -2.04. The van der Waals surface area contributed by atoms with Crippen LogP contribution in [0.15, 0.2) is 35.2 Å². The molecule has 0 radical (unpaired) electrons. The summed E-state index contributed by atoms with van der Waals surface area (Å²) in [6.45, 7) is 4.69. The highest BCUT2D eigenvalue weighted by atomic mass is 32.1. The van der Waals surface area contributed by atoms with Gasteiger partial charge in [-0.1, -0.05) is 19.1 Å². The van der Waals surface area contributed by atoms with E-state index in [1.165, 1.54) is 17.4 Å². The highest BCUT2D eigenvalue weighted by Gasteiger charge is 2.13. The third-order valence-electron chi connectivity index (χ3n) is 3.43. The number of nitrogens with zero attached hydrogens (tertiary/aromatic N) is 2. The van der Waals surface area contributed by atoms with Crippen LogP contribution in [0.2, 0.25) is 0 Å². The molecule has 8 heteroatoms. The minimum Gasteiger partial charge on any atom is -0.494 e. The lowest BCUT2D eigenvalue weighted by Crippen LogP contribution is -2.13. The van der Waals surface area contributed by atoms with E-state index in [9.17, 15) is 14.9 Å². The molecule has 0 bridgehead atoms. The predicted octanol–water partition coefficient (Wildman–Crippen LogP) is 3.58. The van der Waals surface area contributed by atoms with Crippen molar-refractivity contribution >= 4 is 34.4 Å². The zero-order valence-electron chi connectivity index (χ0n) is 15.7. The Bertz CT molecular complexity index is 882. The van der Waals surface area contributed by atoms with Crippen LogP contribution in [-0.4, -0.2) is 30.1 Å². The molecule has 1 aromatic heterocycles. The van der Waals surface area contributed by atoms with E-state index in [1.807, 2.05) is 13.0 Å². The number of aromatic nitrogens is 1. The van der Waals surface area contributed by atoms with Crippen molar-refractivity contribution in [3.63, 3.8) is 0 Å². The monoisotopic (exact) mass is 399 g/mol. The Morgan fingerprint density at radius 1 is 1.29 bits per heavy atom. The van der Waals surface area contributed by atoms with E-state index in [4.69, 9.17) is 9.47 Å². The largest absolute Gasteiger partial charge is 0.494 e. The van der Waals surface area contributed by atoms with E-state index in [0.29, 0.717) is 29.6 Å². The summed E-state index contributed by atoms with van der Waals surface area (Å²) >= 11 is 1.18. The van der Waals surface area contributed by atoms with Gasteiger partial charge in [0.2, 0.25) is 0 Å². The first-order chi connectivity index (χ1) is 13.5. The molecule has 1 N–H and O–H groups in total. The van der Waals surface area contributed by atoms with E-state index < -0.39 is 5.91 Å². The molecule has 0 saturated carbocycles. The molecule has 1 aromatic carbocycles. The molecule has 0 fully saturated rings. The minimum absolute atomic E-state index is 0.0353. The standard InChI is InChI=1S/C20H21N3O4S/c1-3-9-27-17-7-5-14(6-8-17)10-15(12-21)19(25)23-20-22-16(13-28-20)11-18(24)26-4-2/h5-8,10,13H,3-4,9,11H2,1-2H3,(H,22,23,25)/b15-10-. The Hall–Kier alpha value is -3.18. The molecule has 1 amide bonds. The maximum atomic E-state index is 12.3. The van der Waals surface area contributed by atoms with E-state index in [0.717, 1.165) is 12.2 Å². The summed E-state index contributed by atoms with van der Waals surface area (Å²) in [7, 11) is 0. The van der Waals surface area contributed by atoms with Gasteiger partial charge in [0.1, 0.15) is 17.4 Å². The molecule has 2 rings (SSSR count). The van der Waals surface area contributed by atoms with Crippen molar-refractivity contribution in [2.75, 3.05) is 18.5 Å². The first-order valence-corrected chi connectivity index (χ1v) is 9.69. The number of carbonyl (C=O) groups is 2.